The van der Waals surface area contributed by atoms with E-state index >= 15 is 0 Å². The van der Waals surface area contributed by atoms with Gasteiger partial charge < -0.3 is 9.84 Å². The predicted molar refractivity (Wildman–Crippen MR) is 95.3 cm³/mol. The van der Waals surface area contributed by atoms with Crippen molar-refractivity contribution in [3.8, 4) is 0 Å². The molecular formula is C20H36O3. The van der Waals surface area contributed by atoms with Gasteiger partial charge in [0.1, 0.15) is 6.10 Å². The summed E-state index contributed by atoms with van der Waals surface area (Å²) in [7, 11) is 0. The highest BCUT2D eigenvalue weighted by Gasteiger charge is 2.41. The monoisotopic (exact) mass is 324 g/mol. The molecule has 1 aliphatic rings. The zero-order valence-electron chi connectivity index (χ0n) is 15.1. The summed E-state index contributed by atoms with van der Waals surface area (Å²) in [5, 5.41) is 10.1. The van der Waals surface area contributed by atoms with Crippen LogP contribution in [0.1, 0.15) is 90.9 Å². The van der Waals surface area contributed by atoms with Crippen LogP contribution in [0.25, 0.3) is 0 Å². The van der Waals surface area contributed by atoms with E-state index in [2.05, 4.69) is 6.92 Å². The number of hydrogen-bond acceptors (Lipinski definition) is 3. The number of carbonyl (C=O) groups excluding carboxylic acids is 1. The van der Waals surface area contributed by atoms with E-state index in [-0.39, 0.29) is 24.1 Å². The number of ether oxygens (including phenoxy) is 1. The number of unbranched alkanes of at least 4 members (excludes halogenated alkanes) is 8. The van der Waals surface area contributed by atoms with Crippen molar-refractivity contribution in [2.24, 2.45) is 5.92 Å². The number of aliphatic hydroxyl groups is 1. The summed E-state index contributed by atoms with van der Waals surface area (Å²) in [5.41, 5.74) is 0. The number of cyclic esters (lactones) is 1. The highest BCUT2D eigenvalue weighted by molar-refractivity contribution is 5.78. The molecule has 0 spiro atoms. The van der Waals surface area contributed by atoms with Gasteiger partial charge >= 0.3 is 5.97 Å². The van der Waals surface area contributed by atoms with E-state index in [1.165, 1.54) is 51.4 Å². The average Bonchev–Trinajstić information content (AvgIpc) is 2.53. The first-order chi connectivity index (χ1) is 11.2. The molecule has 3 atom stereocenters. The molecule has 1 saturated heterocycles. The topological polar surface area (TPSA) is 46.5 Å². The van der Waals surface area contributed by atoms with Crippen LogP contribution in [0.4, 0.5) is 0 Å². The van der Waals surface area contributed by atoms with E-state index in [9.17, 15) is 9.90 Å². The van der Waals surface area contributed by atoms with Gasteiger partial charge in [0.15, 0.2) is 0 Å². The molecule has 0 saturated carbocycles. The Hall–Kier alpha value is -0.830. The Bertz CT molecular complexity index is 338. The van der Waals surface area contributed by atoms with Gasteiger partial charge in [-0.3, -0.25) is 4.79 Å². The second-order valence-electron chi connectivity index (χ2n) is 6.89. The lowest BCUT2D eigenvalue weighted by molar-refractivity contribution is -0.187. The van der Waals surface area contributed by atoms with Crippen LogP contribution >= 0.6 is 0 Å². The molecule has 0 unspecified atom stereocenters. The molecule has 1 fully saturated rings. The average molecular weight is 325 g/mol. The molecule has 0 radical (unpaired) electrons. The fourth-order valence-corrected chi connectivity index (χ4v) is 3.22. The molecule has 1 N–H and O–H groups in total. The third kappa shape index (κ3) is 8.55. The molecule has 3 heteroatoms. The van der Waals surface area contributed by atoms with Gasteiger partial charge in [-0.2, -0.15) is 0 Å². The number of aliphatic hydroxyl groups excluding tert-OH is 1. The van der Waals surface area contributed by atoms with Crippen LogP contribution in [0, 0.1) is 5.92 Å². The Morgan fingerprint density at radius 3 is 2.26 bits per heavy atom. The first-order valence-electron chi connectivity index (χ1n) is 9.68. The van der Waals surface area contributed by atoms with E-state index < -0.39 is 0 Å². The number of rotatable bonds is 14. The van der Waals surface area contributed by atoms with Crippen LogP contribution in [0.2, 0.25) is 0 Å². The second-order valence-corrected chi connectivity index (χ2v) is 6.89. The van der Waals surface area contributed by atoms with E-state index in [1.54, 1.807) is 0 Å². The molecular weight excluding hydrogens is 288 g/mol. The minimum absolute atomic E-state index is 0.0380. The van der Waals surface area contributed by atoms with Crippen molar-refractivity contribution in [1.82, 2.24) is 0 Å². The Labute approximate surface area is 142 Å². The fourth-order valence-electron chi connectivity index (χ4n) is 3.22. The lowest BCUT2D eigenvalue weighted by atomic mass is 9.88. The Kier molecular flexibility index (Phi) is 11.1. The van der Waals surface area contributed by atoms with Gasteiger partial charge in [-0.05, 0) is 19.8 Å². The number of allylic oxidation sites excluding steroid dienone is 2. The SMILES string of the molecule is C/C=C/C[C@@H]1C(=O)O[C@H]1C[C@H](O)CCCCCCCCCCC. The van der Waals surface area contributed by atoms with Gasteiger partial charge in [0.25, 0.3) is 0 Å². The normalized spacial score (nSPS) is 22.1. The van der Waals surface area contributed by atoms with Crippen molar-refractivity contribution in [3.05, 3.63) is 12.2 Å². The molecule has 0 aromatic heterocycles. The Morgan fingerprint density at radius 2 is 1.70 bits per heavy atom. The minimum atomic E-state index is -0.328. The maximum absolute atomic E-state index is 11.4. The lowest BCUT2D eigenvalue weighted by Crippen LogP contribution is -2.46. The van der Waals surface area contributed by atoms with Crippen LogP contribution in [-0.4, -0.2) is 23.3 Å². The molecule has 1 heterocycles. The molecule has 1 aliphatic heterocycles. The number of carbonyl (C=O) groups is 1. The van der Waals surface area contributed by atoms with Crippen molar-refractivity contribution in [3.63, 3.8) is 0 Å². The van der Waals surface area contributed by atoms with Crippen LogP contribution < -0.4 is 0 Å². The van der Waals surface area contributed by atoms with Gasteiger partial charge in [0, 0.05) is 6.42 Å². The van der Waals surface area contributed by atoms with Crippen molar-refractivity contribution in [2.45, 2.75) is 103 Å². The van der Waals surface area contributed by atoms with Crippen molar-refractivity contribution in [2.75, 3.05) is 0 Å². The van der Waals surface area contributed by atoms with E-state index in [1.807, 2.05) is 19.1 Å². The maximum atomic E-state index is 11.4. The second kappa shape index (κ2) is 12.6. The largest absolute Gasteiger partial charge is 0.461 e. The van der Waals surface area contributed by atoms with E-state index in [4.69, 9.17) is 4.74 Å². The Balaban J connectivity index is 1.98. The van der Waals surface area contributed by atoms with Crippen LogP contribution in [0.5, 0.6) is 0 Å². The first kappa shape index (κ1) is 20.2. The minimum Gasteiger partial charge on any atom is -0.461 e. The zero-order valence-corrected chi connectivity index (χ0v) is 15.1. The first-order valence-corrected chi connectivity index (χ1v) is 9.68. The zero-order chi connectivity index (χ0) is 16.9. The van der Waals surface area contributed by atoms with Crippen LogP contribution in [-0.2, 0) is 9.53 Å². The summed E-state index contributed by atoms with van der Waals surface area (Å²) in [6, 6.07) is 0. The molecule has 1 rings (SSSR count). The van der Waals surface area contributed by atoms with Crippen molar-refractivity contribution >= 4 is 5.97 Å². The molecule has 23 heavy (non-hydrogen) atoms. The number of hydrogen-bond donors (Lipinski definition) is 1. The highest BCUT2D eigenvalue weighted by Crippen LogP contribution is 2.30. The fraction of sp³-hybridized carbons (Fsp3) is 0.850. The van der Waals surface area contributed by atoms with E-state index in [0.29, 0.717) is 6.42 Å². The molecule has 0 aromatic rings. The molecule has 0 aliphatic carbocycles. The summed E-state index contributed by atoms with van der Waals surface area (Å²) >= 11 is 0. The summed E-state index contributed by atoms with van der Waals surface area (Å²) in [4.78, 5) is 11.4. The van der Waals surface area contributed by atoms with Crippen molar-refractivity contribution < 1.29 is 14.6 Å². The lowest BCUT2D eigenvalue weighted by Gasteiger charge is -2.35. The molecule has 134 valence electrons. The smallest absolute Gasteiger partial charge is 0.313 e. The van der Waals surface area contributed by atoms with Gasteiger partial charge in [-0.15, -0.1) is 0 Å². The summed E-state index contributed by atoms with van der Waals surface area (Å²) < 4.78 is 5.18. The molecule has 0 aromatic carbocycles. The van der Waals surface area contributed by atoms with E-state index in [0.717, 1.165) is 19.3 Å². The predicted octanol–water partition coefficient (Wildman–Crippen LogP) is 5.17. The van der Waals surface area contributed by atoms with Crippen LogP contribution in [0.15, 0.2) is 12.2 Å². The Morgan fingerprint density at radius 1 is 1.09 bits per heavy atom. The summed E-state index contributed by atoms with van der Waals surface area (Å²) in [6.45, 7) is 4.20. The quantitative estimate of drug-likeness (QED) is 0.272. The van der Waals surface area contributed by atoms with Gasteiger partial charge in [0.05, 0.1) is 12.0 Å². The highest BCUT2D eigenvalue weighted by atomic mass is 16.6. The molecule has 3 nitrogen and oxygen atoms in total. The van der Waals surface area contributed by atoms with Gasteiger partial charge in [-0.25, -0.2) is 0 Å². The maximum Gasteiger partial charge on any atom is 0.313 e. The standard InChI is InChI=1S/C20H36O3/c1-3-5-7-8-9-10-11-12-13-14-17(21)16-19-18(15-6-4-2)20(22)23-19/h4,6,17-19,21H,3,5,7-16H2,1-2H3/b6-4+/t17-,18+,19+/m1/s1. The summed E-state index contributed by atoms with van der Waals surface area (Å²) in [6.07, 6.45) is 17.4. The third-order valence-corrected chi connectivity index (χ3v) is 4.79. The van der Waals surface area contributed by atoms with Gasteiger partial charge in [-0.1, -0.05) is 76.9 Å². The number of esters is 1. The molecule has 0 bridgehead atoms. The molecule has 0 amide bonds. The summed E-state index contributed by atoms with van der Waals surface area (Å²) in [5.74, 6) is -0.146. The van der Waals surface area contributed by atoms with Crippen LogP contribution in [0.3, 0.4) is 0 Å². The third-order valence-electron chi connectivity index (χ3n) is 4.79. The van der Waals surface area contributed by atoms with Crippen molar-refractivity contribution in [1.29, 1.82) is 0 Å². The van der Waals surface area contributed by atoms with Gasteiger partial charge in [0.2, 0.25) is 0 Å².